The van der Waals surface area contributed by atoms with Gasteiger partial charge in [0.25, 0.3) is 0 Å². The fraction of sp³-hybridized carbons (Fsp3) is 0.217. The van der Waals surface area contributed by atoms with Crippen LogP contribution in [0.15, 0.2) is 57.4 Å². The molecule has 0 bridgehead atoms. The molecule has 0 N–H and O–H groups in total. The zero-order valence-electron chi connectivity index (χ0n) is 15.3. The van der Waals surface area contributed by atoms with Gasteiger partial charge in [0.15, 0.2) is 0 Å². The molecule has 2 heterocycles. The smallest absolute Gasteiger partial charge is 0.139 e. The summed E-state index contributed by atoms with van der Waals surface area (Å²) in [6, 6.07) is 12.6. The largest absolute Gasteiger partial charge is 0.496 e. The van der Waals surface area contributed by atoms with E-state index in [4.69, 9.17) is 13.6 Å². The van der Waals surface area contributed by atoms with Crippen LogP contribution in [-0.2, 0) is 12.8 Å². The molecule has 3 nitrogen and oxygen atoms in total. The van der Waals surface area contributed by atoms with Crippen LogP contribution in [0.4, 0.5) is 0 Å². The van der Waals surface area contributed by atoms with Crippen LogP contribution < -0.4 is 21.0 Å². The van der Waals surface area contributed by atoms with Gasteiger partial charge in [-0.15, -0.1) is 0 Å². The molecule has 4 heteroatoms. The molecule has 1 aromatic carbocycles. The minimum atomic E-state index is -0.957. The average molecular weight is 376 g/mol. The fourth-order valence-electron chi connectivity index (χ4n) is 3.76. The number of para-hydroxylation sites is 1. The zero-order chi connectivity index (χ0) is 18.2. The maximum atomic E-state index is 6.35. The summed E-state index contributed by atoms with van der Waals surface area (Å²) in [6.07, 6.45) is 12.7. The van der Waals surface area contributed by atoms with Crippen molar-refractivity contribution < 1.29 is 13.6 Å². The van der Waals surface area contributed by atoms with Gasteiger partial charge in [0.05, 0.1) is 15.0 Å². The van der Waals surface area contributed by atoms with Crippen LogP contribution in [0, 0.1) is 0 Å². The topological polar surface area (TPSA) is 35.5 Å². The normalized spacial score (nSPS) is 16.0. The Morgan fingerprint density at radius 3 is 2.59 bits per heavy atom. The third-order valence-electron chi connectivity index (χ3n) is 5.11. The lowest BCUT2D eigenvalue weighted by Crippen LogP contribution is -2.20. The van der Waals surface area contributed by atoms with Crippen molar-refractivity contribution in [3.05, 3.63) is 71.2 Å². The van der Waals surface area contributed by atoms with E-state index in [0.717, 1.165) is 59.3 Å². The molecule has 0 aliphatic heterocycles. The monoisotopic (exact) mass is 376 g/mol. The molecule has 0 radical (unpaired) electrons. The van der Waals surface area contributed by atoms with Crippen molar-refractivity contribution >= 4 is 36.4 Å². The highest BCUT2D eigenvalue weighted by Crippen LogP contribution is 2.40. The van der Waals surface area contributed by atoms with Gasteiger partial charge in [-0.25, -0.2) is 0 Å². The molecule has 0 saturated heterocycles. The Bertz CT molecular complexity index is 978. The lowest BCUT2D eigenvalue weighted by molar-refractivity contribution is 0.418. The number of hydrogen-bond donors (Lipinski definition) is 0. The number of benzene rings is 1. The van der Waals surface area contributed by atoms with Crippen molar-refractivity contribution in [3.63, 3.8) is 0 Å². The Labute approximate surface area is 160 Å². The number of methoxy groups -OCH3 is 1. The Morgan fingerprint density at radius 2 is 1.74 bits per heavy atom. The van der Waals surface area contributed by atoms with Gasteiger partial charge in [0.1, 0.15) is 28.3 Å². The summed E-state index contributed by atoms with van der Waals surface area (Å²) < 4.78 is 18.3. The zero-order valence-corrected chi connectivity index (χ0v) is 16.2. The first-order valence-corrected chi connectivity index (χ1v) is 10.7. The molecule has 1 unspecified atom stereocenters. The summed E-state index contributed by atoms with van der Waals surface area (Å²) in [6.45, 7) is 0. The molecule has 0 saturated carbocycles. The third kappa shape index (κ3) is 2.96. The molecule has 136 valence electrons. The lowest BCUT2D eigenvalue weighted by Gasteiger charge is -2.16. The van der Waals surface area contributed by atoms with E-state index in [2.05, 4.69) is 48.6 Å². The predicted molar refractivity (Wildman–Crippen MR) is 111 cm³/mol. The molecule has 3 aromatic rings. The Morgan fingerprint density at radius 1 is 0.926 bits per heavy atom. The maximum absolute atomic E-state index is 6.35. The van der Waals surface area contributed by atoms with Crippen LogP contribution in [0.3, 0.4) is 0 Å². The van der Waals surface area contributed by atoms with E-state index >= 15 is 0 Å². The minimum Gasteiger partial charge on any atom is -0.496 e. The van der Waals surface area contributed by atoms with Gasteiger partial charge in [-0.1, -0.05) is 30.4 Å². The van der Waals surface area contributed by atoms with Gasteiger partial charge >= 0.3 is 0 Å². The first kappa shape index (κ1) is 16.6. The van der Waals surface area contributed by atoms with Crippen LogP contribution in [0.5, 0.6) is 5.75 Å². The van der Waals surface area contributed by atoms with Gasteiger partial charge in [-0.05, 0) is 55.2 Å². The van der Waals surface area contributed by atoms with Crippen molar-refractivity contribution in [2.45, 2.75) is 25.7 Å². The molecule has 0 amide bonds. The highest BCUT2D eigenvalue weighted by molar-refractivity contribution is 7.79. The Hall–Kier alpha value is -2.51. The molecule has 0 spiro atoms. The van der Waals surface area contributed by atoms with E-state index in [1.807, 2.05) is 12.1 Å². The number of ether oxygens (including phenoxy) is 1. The number of rotatable bonds is 4. The second-order valence-corrected chi connectivity index (χ2v) is 8.86. The van der Waals surface area contributed by atoms with Gasteiger partial charge in [-0.2, -0.15) is 0 Å². The summed E-state index contributed by atoms with van der Waals surface area (Å²) in [4.78, 5) is 0. The molecule has 2 aromatic heterocycles. The lowest BCUT2D eigenvalue weighted by atomic mass is 10.1. The molecule has 1 atom stereocenters. The summed E-state index contributed by atoms with van der Waals surface area (Å²) in [7, 11) is 0.764. The first-order valence-electron chi connectivity index (χ1n) is 9.35. The molecule has 0 fully saturated rings. The van der Waals surface area contributed by atoms with E-state index in [0.29, 0.717) is 0 Å². The molecular weight excluding hydrogens is 355 g/mol. The van der Waals surface area contributed by atoms with E-state index in [9.17, 15) is 0 Å². The quantitative estimate of drug-likeness (QED) is 0.627. The van der Waals surface area contributed by atoms with Gasteiger partial charge in [-0.3, -0.25) is 0 Å². The number of aryl methyl sites for hydroxylation is 2. The second kappa shape index (κ2) is 6.90. The molecular formula is C23H21O3P. The van der Waals surface area contributed by atoms with E-state index < -0.39 is 7.92 Å². The molecule has 2 aliphatic carbocycles. The van der Waals surface area contributed by atoms with Crippen molar-refractivity contribution in [3.8, 4) is 5.75 Å². The van der Waals surface area contributed by atoms with Crippen LogP contribution >= 0.6 is 7.92 Å². The standard InChI is InChI=1S/C23H21O3P/c1-24-20-12-6-7-13-21(20)27(22-14-16-8-2-4-10-18(16)25-22)23-15-17-9-3-5-11-19(17)26-23/h2,5-8,11-15H,3-4,9-10H2,1H3. The Kier molecular flexibility index (Phi) is 4.26. The number of furan rings is 2. The van der Waals surface area contributed by atoms with E-state index in [-0.39, 0.29) is 0 Å². The fourth-order valence-corrected chi connectivity index (χ4v) is 6.02. The summed E-state index contributed by atoms with van der Waals surface area (Å²) >= 11 is 0. The predicted octanol–water partition coefficient (Wildman–Crippen LogP) is 4.56. The van der Waals surface area contributed by atoms with Gasteiger partial charge in [0.2, 0.25) is 0 Å². The third-order valence-corrected chi connectivity index (χ3v) is 7.28. The number of fused-ring (bicyclic) bond motifs is 2. The van der Waals surface area contributed by atoms with E-state index in [1.54, 1.807) is 7.11 Å². The number of hydrogen-bond acceptors (Lipinski definition) is 3. The highest BCUT2D eigenvalue weighted by atomic mass is 31.1. The van der Waals surface area contributed by atoms with Crippen molar-refractivity contribution in [1.82, 2.24) is 0 Å². The first-order chi connectivity index (χ1) is 13.3. The van der Waals surface area contributed by atoms with Gasteiger partial charge < -0.3 is 13.6 Å². The summed E-state index contributed by atoms with van der Waals surface area (Å²) in [5, 5.41) is 1.13. The van der Waals surface area contributed by atoms with Crippen molar-refractivity contribution in [2.75, 3.05) is 7.11 Å². The van der Waals surface area contributed by atoms with Crippen LogP contribution in [-0.4, -0.2) is 7.11 Å². The SMILES string of the molecule is COc1ccccc1P(c1cc2c(o1)C=CCC2)c1cc2c(o1)CCC=C2. The second-order valence-electron chi connectivity index (χ2n) is 6.83. The average Bonchev–Trinajstić information content (AvgIpc) is 3.32. The number of allylic oxidation sites excluding steroid dienone is 2. The van der Waals surface area contributed by atoms with E-state index in [1.165, 1.54) is 11.1 Å². The molecule has 5 rings (SSSR count). The Balaban J connectivity index is 1.68. The van der Waals surface area contributed by atoms with Crippen molar-refractivity contribution in [1.29, 1.82) is 0 Å². The maximum Gasteiger partial charge on any atom is 0.139 e. The van der Waals surface area contributed by atoms with Gasteiger partial charge in [0, 0.05) is 17.3 Å². The minimum absolute atomic E-state index is 0.874. The van der Waals surface area contributed by atoms with Crippen LogP contribution in [0.2, 0.25) is 0 Å². The summed E-state index contributed by atoms with van der Waals surface area (Å²) in [5.74, 6) is 2.93. The van der Waals surface area contributed by atoms with Crippen LogP contribution in [0.25, 0.3) is 12.2 Å². The highest BCUT2D eigenvalue weighted by Gasteiger charge is 2.29. The van der Waals surface area contributed by atoms with Crippen LogP contribution in [0.1, 0.15) is 35.5 Å². The molecule has 27 heavy (non-hydrogen) atoms. The van der Waals surface area contributed by atoms with Crippen molar-refractivity contribution in [2.24, 2.45) is 0 Å². The summed E-state index contributed by atoms with van der Waals surface area (Å²) in [5.41, 5.74) is 4.42. The molecule has 2 aliphatic rings.